The van der Waals surface area contributed by atoms with Gasteiger partial charge < -0.3 is 10.1 Å². The molecular formula is C16H24N2O3. The molecule has 0 unspecified atom stereocenters. The Morgan fingerprint density at radius 2 is 2.00 bits per heavy atom. The Balaban J connectivity index is 2.58. The molecule has 0 radical (unpaired) electrons. The van der Waals surface area contributed by atoms with Crippen molar-refractivity contribution in [2.24, 2.45) is 0 Å². The summed E-state index contributed by atoms with van der Waals surface area (Å²) in [6, 6.07) is 7.69. The minimum Gasteiger partial charge on any atom is -0.465 e. The van der Waals surface area contributed by atoms with Crippen LogP contribution in [0.4, 0.5) is 5.69 Å². The molecule has 1 aromatic rings. The van der Waals surface area contributed by atoms with Crippen LogP contribution >= 0.6 is 0 Å². The van der Waals surface area contributed by atoms with Crippen LogP contribution in [0.15, 0.2) is 24.3 Å². The lowest BCUT2D eigenvalue weighted by Gasteiger charge is -2.24. The number of anilines is 1. The van der Waals surface area contributed by atoms with Crippen LogP contribution in [-0.4, -0.2) is 42.5 Å². The highest BCUT2D eigenvalue weighted by Crippen LogP contribution is 2.09. The molecule has 0 saturated heterocycles. The highest BCUT2D eigenvalue weighted by molar-refractivity contribution is 5.92. The van der Waals surface area contributed by atoms with Gasteiger partial charge in [-0.2, -0.15) is 0 Å². The molecule has 0 heterocycles. The van der Waals surface area contributed by atoms with Crippen LogP contribution in [0, 0.1) is 6.92 Å². The summed E-state index contributed by atoms with van der Waals surface area (Å²) >= 11 is 0. The Kier molecular flexibility index (Phi) is 6.88. The zero-order valence-corrected chi connectivity index (χ0v) is 13.2. The van der Waals surface area contributed by atoms with Crippen molar-refractivity contribution in [3.63, 3.8) is 0 Å². The Hall–Kier alpha value is -1.88. The Morgan fingerprint density at radius 3 is 2.57 bits per heavy atom. The third-order valence-electron chi connectivity index (χ3n) is 3.02. The summed E-state index contributed by atoms with van der Waals surface area (Å²) in [4.78, 5) is 25.4. The van der Waals surface area contributed by atoms with Gasteiger partial charge in [-0.05, 0) is 45.4 Å². The predicted molar refractivity (Wildman–Crippen MR) is 83.2 cm³/mol. The van der Waals surface area contributed by atoms with Gasteiger partial charge >= 0.3 is 5.97 Å². The molecule has 1 N–H and O–H groups in total. The highest BCUT2D eigenvalue weighted by Gasteiger charge is 2.18. The molecule has 0 spiro atoms. The molecule has 0 aromatic heterocycles. The van der Waals surface area contributed by atoms with Gasteiger partial charge in [-0.1, -0.05) is 12.1 Å². The van der Waals surface area contributed by atoms with E-state index in [2.05, 4.69) is 5.32 Å². The second kappa shape index (κ2) is 8.42. The third-order valence-corrected chi connectivity index (χ3v) is 3.02. The molecule has 0 aliphatic heterocycles. The van der Waals surface area contributed by atoms with Crippen molar-refractivity contribution in [2.75, 3.05) is 25.0 Å². The first-order valence-corrected chi connectivity index (χ1v) is 7.18. The normalized spacial score (nSPS) is 10.8. The summed E-state index contributed by atoms with van der Waals surface area (Å²) in [6.45, 7) is 8.24. The second-order valence-electron chi connectivity index (χ2n) is 5.22. The first kappa shape index (κ1) is 17.2. The van der Waals surface area contributed by atoms with Crippen LogP contribution in [0.25, 0.3) is 0 Å². The SMILES string of the molecule is CCOC(=O)CN(CC(=O)Nc1cccc(C)c1)C(C)C. The van der Waals surface area contributed by atoms with Gasteiger partial charge in [0.25, 0.3) is 0 Å². The van der Waals surface area contributed by atoms with Gasteiger partial charge in [-0.15, -0.1) is 0 Å². The van der Waals surface area contributed by atoms with Crippen LogP contribution in [0.3, 0.4) is 0 Å². The van der Waals surface area contributed by atoms with Crippen LogP contribution in [0.1, 0.15) is 26.3 Å². The van der Waals surface area contributed by atoms with Crippen molar-refractivity contribution in [1.29, 1.82) is 0 Å². The fourth-order valence-electron chi connectivity index (χ4n) is 1.90. The lowest BCUT2D eigenvalue weighted by atomic mass is 10.2. The summed E-state index contributed by atoms with van der Waals surface area (Å²) in [7, 11) is 0. The second-order valence-corrected chi connectivity index (χ2v) is 5.22. The minimum atomic E-state index is -0.311. The zero-order chi connectivity index (χ0) is 15.8. The van der Waals surface area contributed by atoms with E-state index in [1.54, 1.807) is 11.8 Å². The molecule has 0 atom stereocenters. The number of esters is 1. The number of amides is 1. The number of carbonyl (C=O) groups is 2. The predicted octanol–water partition coefficient (Wildman–Crippen LogP) is 2.21. The maximum Gasteiger partial charge on any atom is 0.320 e. The largest absolute Gasteiger partial charge is 0.465 e. The number of ether oxygens (including phenoxy) is 1. The number of hydrogen-bond donors (Lipinski definition) is 1. The summed E-state index contributed by atoms with van der Waals surface area (Å²) < 4.78 is 4.93. The van der Waals surface area contributed by atoms with E-state index in [0.29, 0.717) is 6.61 Å². The van der Waals surface area contributed by atoms with E-state index in [1.807, 2.05) is 45.0 Å². The summed E-state index contributed by atoms with van der Waals surface area (Å²) in [5.74, 6) is -0.451. The molecule has 0 bridgehead atoms. The van der Waals surface area contributed by atoms with Crippen molar-refractivity contribution in [2.45, 2.75) is 33.7 Å². The molecule has 0 aliphatic rings. The average Bonchev–Trinajstić information content (AvgIpc) is 2.38. The fourth-order valence-corrected chi connectivity index (χ4v) is 1.90. The lowest BCUT2D eigenvalue weighted by Crippen LogP contribution is -2.41. The van der Waals surface area contributed by atoms with Gasteiger partial charge in [-0.3, -0.25) is 14.5 Å². The average molecular weight is 292 g/mol. The van der Waals surface area contributed by atoms with Gasteiger partial charge in [-0.25, -0.2) is 0 Å². The number of aryl methyl sites for hydroxylation is 1. The third kappa shape index (κ3) is 6.40. The molecule has 0 aliphatic carbocycles. The van der Waals surface area contributed by atoms with Crippen LogP contribution in [0.5, 0.6) is 0 Å². The molecule has 0 saturated carbocycles. The quantitative estimate of drug-likeness (QED) is 0.783. The van der Waals surface area contributed by atoms with Crippen molar-refractivity contribution in [3.05, 3.63) is 29.8 Å². The molecule has 21 heavy (non-hydrogen) atoms. The van der Waals surface area contributed by atoms with E-state index in [-0.39, 0.29) is 31.0 Å². The molecule has 1 amide bonds. The number of nitrogens with zero attached hydrogens (tertiary/aromatic N) is 1. The number of nitrogens with one attached hydrogen (secondary N) is 1. The summed E-state index contributed by atoms with van der Waals surface area (Å²) in [6.07, 6.45) is 0. The monoisotopic (exact) mass is 292 g/mol. The van der Waals surface area contributed by atoms with Crippen molar-refractivity contribution < 1.29 is 14.3 Å². The first-order chi connectivity index (χ1) is 9.92. The smallest absolute Gasteiger partial charge is 0.320 e. The summed E-state index contributed by atoms with van der Waals surface area (Å²) in [5, 5.41) is 2.84. The standard InChI is InChI=1S/C16H24N2O3/c1-5-21-16(20)11-18(12(2)3)10-15(19)17-14-8-6-7-13(4)9-14/h6-9,12H,5,10-11H2,1-4H3,(H,17,19). The zero-order valence-electron chi connectivity index (χ0n) is 13.2. The van der Waals surface area contributed by atoms with Gasteiger partial charge in [0.05, 0.1) is 19.7 Å². The van der Waals surface area contributed by atoms with Crippen molar-refractivity contribution in [1.82, 2.24) is 4.90 Å². The van der Waals surface area contributed by atoms with Gasteiger partial charge in [0.15, 0.2) is 0 Å². The van der Waals surface area contributed by atoms with Crippen LogP contribution in [0.2, 0.25) is 0 Å². The van der Waals surface area contributed by atoms with E-state index >= 15 is 0 Å². The Morgan fingerprint density at radius 1 is 1.29 bits per heavy atom. The van der Waals surface area contributed by atoms with E-state index < -0.39 is 0 Å². The number of carbonyl (C=O) groups excluding carboxylic acids is 2. The van der Waals surface area contributed by atoms with Crippen molar-refractivity contribution in [3.8, 4) is 0 Å². The van der Waals surface area contributed by atoms with E-state index in [4.69, 9.17) is 4.74 Å². The van der Waals surface area contributed by atoms with Gasteiger partial charge in [0.1, 0.15) is 0 Å². The number of benzene rings is 1. The lowest BCUT2D eigenvalue weighted by molar-refractivity contribution is -0.145. The van der Waals surface area contributed by atoms with Gasteiger partial charge in [0.2, 0.25) is 5.91 Å². The van der Waals surface area contributed by atoms with Gasteiger partial charge in [0, 0.05) is 11.7 Å². The fraction of sp³-hybridized carbons (Fsp3) is 0.500. The molecule has 1 rings (SSSR count). The molecule has 0 fully saturated rings. The maximum absolute atomic E-state index is 12.1. The number of hydrogen-bond acceptors (Lipinski definition) is 4. The Labute approximate surface area is 126 Å². The van der Waals surface area contributed by atoms with Crippen LogP contribution in [-0.2, 0) is 14.3 Å². The maximum atomic E-state index is 12.1. The highest BCUT2D eigenvalue weighted by atomic mass is 16.5. The molecule has 116 valence electrons. The molecule has 5 heteroatoms. The Bertz CT molecular complexity index is 486. The van der Waals surface area contributed by atoms with Crippen LogP contribution < -0.4 is 5.32 Å². The molecular weight excluding hydrogens is 268 g/mol. The molecule has 1 aromatic carbocycles. The van der Waals surface area contributed by atoms with E-state index in [9.17, 15) is 9.59 Å². The first-order valence-electron chi connectivity index (χ1n) is 7.18. The van der Waals surface area contributed by atoms with Crippen molar-refractivity contribution >= 4 is 17.6 Å². The van der Waals surface area contributed by atoms with E-state index in [1.165, 1.54) is 0 Å². The summed E-state index contributed by atoms with van der Waals surface area (Å²) in [5.41, 5.74) is 1.85. The van der Waals surface area contributed by atoms with E-state index in [0.717, 1.165) is 11.3 Å². The topological polar surface area (TPSA) is 58.6 Å². The number of rotatable bonds is 7. The minimum absolute atomic E-state index is 0.0812. The molecule has 5 nitrogen and oxygen atoms in total.